The minimum Gasteiger partial charge on any atom is -0.491 e. The van der Waals surface area contributed by atoms with Crippen molar-refractivity contribution in [3.05, 3.63) is 45.6 Å². The van der Waals surface area contributed by atoms with Gasteiger partial charge in [0.25, 0.3) is 0 Å². The molecule has 0 amide bonds. The third-order valence-corrected chi connectivity index (χ3v) is 3.50. The van der Waals surface area contributed by atoms with Gasteiger partial charge in [-0.2, -0.15) is 0 Å². The lowest BCUT2D eigenvalue weighted by molar-refractivity contribution is 0.322. The fourth-order valence-electron chi connectivity index (χ4n) is 1.68. The molecular formula is C14H13BrClFN2O. The van der Waals surface area contributed by atoms with Gasteiger partial charge in [0.15, 0.2) is 11.6 Å². The van der Waals surface area contributed by atoms with Crippen LogP contribution in [0.5, 0.6) is 5.75 Å². The van der Waals surface area contributed by atoms with Crippen LogP contribution in [0.15, 0.2) is 34.8 Å². The lowest BCUT2D eigenvalue weighted by Crippen LogP contribution is -2.01. The summed E-state index contributed by atoms with van der Waals surface area (Å²) in [4.78, 5) is 0. The SMILES string of the molecule is CCOc1cc(Nc2ccc(Cl)cc2Br)c(N)cc1F. The molecule has 2 aromatic rings. The van der Waals surface area contributed by atoms with Crippen LogP contribution in [0.3, 0.4) is 0 Å². The number of nitrogens with one attached hydrogen (secondary N) is 1. The molecule has 0 heterocycles. The first-order valence-corrected chi connectivity index (χ1v) is 7.12. The number of anilines is 3. The van der Waals surface area contributed by atoms with Gasteiger partial charge in [0.05, 0.1) is 23.7 Å². The van der Waals surface area contributed by atoms with E-state index in [1.54, 1.807) is 25.1 Å². The second kappa shape index (κ2) is 6.33. The zero-order valence-electron chi connectivity index (χ0n) is 10.7. The van der Waals surface area contributed by atoms with Gasteiger partial charge in [-0.25, -0.2) is 4.39 Å². The Morgan fingerprint density at radius 1 is 1.30 bits per heavy atom. The fraction of sp³-hybridized carbons (Fsp3) is 0.143. The number of nitrogen functional groups attached to an aromatic ring is 1. The molecule has 106 valence electrons. The molecule has 6 heteroatoms. The maximum Gasteiger partial charge on any atom is 0.167 e. The average Bonchev–Trinajstić information content (AvgIpc) is 2.38. The highest BCUT2D eigenvalue weighted by molar-refractivity contribution is 9.10. The first kappa shape index (κ1) is 14.9. The van der Waals surface area contributed by atoms with Gasteiger partial charge in [0, 0.05) is 21.6 Å². The Balaban J connectivity index is 2.35. The lowest BCUT2D eigenvalue weighted by atomic mass is 10.2. The highest BCUT2D eigenvalue weighted by Crippen LogP contribution is 2.34. The summed E-state index contributed by atoms with van der Waals surface area (Å²) in [6, 6.07) is 8.08. The van der Waals surface area contributed by atoms with Gasteiger partial charge in [0.1, 0.15) is 0 Å². The highest BCUT2D eigenvalue weighted by Gasteiger charge is 2.10. The topological polar surface area (TPSA) is 47.3 Å². The van der Waals surface area contributed by atoms with Crippen molar-refractivity contribution in [2.45, 2.75) is 6.92 Å². The van der Waals surface area contributed by atoms with E-state index >= 15 is 0 Å². The smallest absolute Gasteiger partial charge is 0.167 e. The van der Waals surface area contributed by atoms with Gasteiger partial charge in [-0.05, 0) is 41.1 Å². The minimum atomic E-state index is -0.481. The van der Waals surface area contributed by atoms with Crippen molar-refractivity contribution in [3.63, 3.8) is 0 Å². The summed E-state index contributed by atoms with van der Waals surface area (Å²) in [5, 5.41) is 3.73. The lowest BCUT2D eigenvalue weighted by Gasteiger charge is -2.14. The van der Waals surface area contributed by atoms with Gasteiger partial charge >= 0.3 is 0 Å². The van der Waals surface area contributed by atoms with E-state index in [4.69, 9.17) is 22.1 Å². The molecule has 0 aliphatic rings. The van der Waals surface area contributed by atoms with Gasteiger partial charge in [-0.15, -0.1) is 0 Å². The first-order valence-electron chi connectivity index (χ1n) is 5.95. The summed E-state index contributed by atoms with van der Waals surface area (Å²) >= 11 is 9.29. The van der Waals surface area contributed by atoms with Crippen LogP contribution in [0.4, 0.5) is 21.5 Å². The molecule has 0 unspecified atom stereocenters. The van der Waals surface area contributed by atoms with Gasteiger partial charge in [0.2, 0.25) is 0 Å². The molecule has 0 aromatic heterocycles. The maximum absolute atomic E-state index is 13.6. The van der Waals surface area contributed by atoms with Crippen LogP contribution < -0.4 is 15.8 Å². The third kappa shape index (κ3) is 3.35. The summed E-state index contributed by atoms with van der Waals surface area (Å²) in [5.74, 6) is -0.320. The van der Waals surface area contributed by atoms with Gasteiger partial charge in [-0.1, -0.05) is 11.6 Å². The molecule has 0 aliphatic heterocycles. The molecule has 0 bridgehead atoms. The van der Waals surface area contributed by atoms with Crippen molar-refractivity contribution in [1.29, 1.82) is 0 Å². The van der Waals surface area contributed by atoms with Crippen LogP contribution in [-0.2, 0) is 0 Å². The largest absolute Gasteiger partial charge is 0.491 e. The standard InChI is InChI=1S/C14H13BrClFN2O/c1-2-20-14-7-13(11(18)6-10(14)17)19-12-4-3-8(16)5-9(12)15/h3-7,19H,2,18H2,1H3. The number of hydrogen-bond donors (Lipinski definition) is 2. The molecule has 3 nitrogen and oxygen atoms in total. The summed E-state index contributed by atoms with van der Waals surface area (Å²) in [5.41, 5.74) is 7.45. The average molecular weight is 360 g/mol. The molecule has 3 N–H and O–H groups in total. The Morgan fingerprint density at radius 3 is 2.70 bits per heavy atom. The molecule has 0 spiro atoms. The van der Waals surface area contributed by atoms with Gasteiger partial charge < -0.3 is 15.8 Å². The number of halogens is 3. The summed E-state index contributed by atoms with van der Waals surface area (Å²) in [6.45, 7) is 2.17. The number of hydrogen-bond acceptors (Lipinski definition) is 3. The maximum atomic E-state index is 13.6. The van der Waals surface area contributed by atoms with Crippen molar-refractivity contribution in [3.8, 4) is 5.75 Å². The quantitative estimate of drug-likeness (QED) is 0.758. The second-order valence-electron chi connectivity index (χ2n) is 4.05. The van der Waals surface area contributed by atoms with Crippen LogP contribution in [0.1, 0.15) is 6.92 Å². The fourth-order valence-corrected chi connectivity index (χ4v) is 2.46. The number of nitrogens with two attached hydrogens (primary N) is 1. The van der Waals surface area contributed by atoms with E-state index in [1.807, 2.05) is 0 Å². The minimum absolute atomic E-state index is 0.161. The van der Waals surface area contributed by atoms with E-state index in [2.05, 4.69) is 21.2 Å². The zero-order valence-corrected chi connectivity index (χ0v) is 13.1. The van der Waals surface area contributed by atoms with Crippen LogP contribution in [0.2, 0.25) is 5.02 Å². The first-order chi connectivity index (χ1) is 9.51. The zero-order chi connectivity index (χ0) is 14.7. The molecule has 0 atom stereocenters. The Morgan fingerprint density at radius 2 is 2.05 bits per heavy atom. The van der Waals surface area contributed by atoms with Crippen molar-refractivity contribution in [2.75, 3.05) is 17.7 Å². The van der Waals surface area contributed by atoms with Gasteiger partial charge in [-0.3, -0.25) is 0 Å². The molecule has 0 radical (unpaired) electrons. The Labute approximate surface area is 130 Å². The monoisotopic (exact) mass is 358 g/mol. The number of benzene rings is 2. The third-order valence-electron chi connectivity index (χ3n) is 2.60. The van der Waals surface area contributed by atoms with Crippen molar-refractivity contribution < 1.29 is 9.13 Å². The normalized spacial score (nSPS) is 10.4. The Bertz CT molecular complexity index is 637. The highest BCUT2D eigenvalue weighted by atomic mass is 79.9. The second-order valence-corrected chi connectivity index (χ2v) is 5.34. The van der Waals surface area contributed by atoms with E-state index in [0.29, 0.717) is 23.0 Å². The molecular weight excluding hydrogens is 347 g/mol. The van der Waals surface area contributed by atoms with E-state index in [9.17, 15) is 4.39 Å². The van der Waals surface area contributed by atoms with E-state index in [1.165, 1.54) is 12.1 Å². The molecule has 0 saturated heterocycles. The molecule has 0 aliphatic carbocycles. The molecule has 2 aromatic carbocycles. The summed E-state index contributed by atoms with van der Waals surface area (Å²) in [6.07, 6.45) is 0. The van der Waals surface area contributed by atoms with E-state index in [-0.39, 0.29) is 5.75 Å². The Kier molecular flexibility index (Phi) is 4.73. The van der Waals surface area contributed by atoms with E-state index < -0.39 is 5.82 Å². The number of ether oxygens (including phenoxy) is 1. The number of rotatable bonds is 4. The summed E-state index contributed by atoms with van der Waals surface area (Å²) in [7, 11) is 0. The van der Waals surface area contributed by atoms with Crippen LogP contribution in [0, 0.1) is 5.82 Å². The molecule has 2 rings (SSSR count). The van der Waals surface area contributed by atoms with Crippen LogP contribution in [0.25, 0.3) is 0 Å². The Hall–Kier alpha value is -1.46. The van der Waals surface area contributed by atoms with E-state index in [0.717, 1.165) is 10.2 Å². The molecule has 0 fully saturated rings. The predicted octanol–water partition coefficient (Wildman–Crippen LogP) is 4.97. The van der Waals surface area contributed by atoms with Crippen molar-refractivity contribution in [2.24, 2.45) is 0 Å². The summed E-state index contributed by atoms with van der Waals surface area (Å²) < 4.78 is 19.6. The predicted molar refractivity (Wildman–Crippen MR) is 84.4 cm³/mol. The van der Waals surface area contributed by atoms with Crippen molar-refractivity contribution >= 4 is 44.6 Å². The van der Waals surface area contributed by atoms with Crippen molar-refractivity contribution in [1.82, 2.24) is 0 Å². The molecule has 0 saturated carbocycles. The molecule has 20 heavy (non-hydrogen) atoms. The van der Waals surface area contributed by atoms with Crippen LogP contribution in [-0.4, -0.2) is 6.61 Å². The van der Waals surface area contributed by atoms with Crippen LogP contribution >= 0.6 is 27.5 Å².